The van der Waals surface area contributed by atoms with Gasteiger partial charge in [-0.2, -0.15) is 0 Å². The lowest BCUT2D eigenvalue weighted by molar-refractivity contribution is -0.134. The van der Waals surface area contributed by atoms with Crippen molar-refractivity contribution in [2.24, 2.45) is 0 Å². The number of esters is 1. The summed E-state index contributed by atoms with van der Waals surface area (Å²) in [6.45, 7) is 1.72. The zero-order valence-electron chi connectivity index (χ0n) is 15.8. The van der Waals surface area contributed by atoms with Gasteiger partial charge >= 0.3 is 5.97 Å². The molecule has 0 bridgehead atoms. The van der Waals surface area contributed by atoms with Crippen molar-refractivity contribution in [1.29, 1.82) is 0 Å². The second-order valence-corrected chi connectivity index (χ2v) is 6.46. The Hall–Kier alpha value is -3.21. The number of benzene rings is 2. The van der Waals surface area contributed by atoms with Crippen LogP contribution in [0.5, 0.6) is 11.5 Å². The highest BCUT2D eigenvalue weighted by Crippen LogP contribution is 2.33. The van der Waals surface area contributed by atoms with Crippen molar-refractivity contribution in [2.75, 3.05) is 7.11 Å². The molecule has 1 aliphatic carbocycles. The topological polar surface area (TPSA) is 52.6 Å². The lowest BCUT2D eigenvalue weighted by Gasteiger charge is -2.09. The van der Waals surface area contributed by atoms with Gasteiger partial charge in [0.1, 0.15) is 5.82 Å². The number of ether oxygens (including phenoxy) is 2. The van der Waals surface area contributed by atoms with Crippen LogP contribution >= 0.6 is 0 Å². The monoisotopic (exact) mass is 380 g/mol. The Morgan fingerprint density at radius 2 is 1.61 bits per heavy atom. The number of Topliss-reactive ketones (excluding diaryl/α,β-unsaturated/α-hetero) is 1. The summed E-state index contributed by atoms with van der Waals surface area (Å²) in [7, 11) is 1.50. The van der Waals surface area contributed by atoms with Crippen LogP contribution in [0.3, 0.4) is 0 Å². The molecule has 0 aromatic heterocycles. The third-order valence-corrected chi connectivity index (χ3v) is 4.50. The summed E-state index contributed by atoms with van der Waals surface area (Å²) in [6.07, 6.45) is 5.18. The molecule has 1 aliphatic rings. The van der Waals surface area contributed by atoms with Gasteiger partial charge in [0, 0.05) is 17.6 Å². The average Bonchev–Trinajstić information content (AvgIpc) is 3.04. The Morgan fingerprint density at radius 3 is 2.21 bits per heavy atom. The standard InChI is InChI=1S/C23H21FO4/c1-3-22(25)28-20-11-6-16(14-21(20)27-2)13-18-8-7-17(23(18)26)12-15-4-9-19(24)10-5-15/h4-6,9-14H,3,7-8H2,1-2H3/b17-12+,18-13+. The van der Waals surface area contributed by atoms with E-state index in [1.807, 2.05) is 6.08 Å². The van der Waals surface area contributed by atoms with Crippen molar-refractivity contribution >= 4 is 23.9 Å². The number of ketones is 1. The van der Waals surface area contributed by atoms with Crippen LogP contribution in [0.1, 0.15) is 37.3 Å². The molecular formula is C23H21FO4. The highest BCUT2D eigenvalue weighted by Gasteiger charge is 2.23. The maximum absolute atomic E-state index is 13.0. The van der Waals surface area contributed by atoms with E-state index in [0.29, 0.717) is 35.5 Å². The molecule has 2 aromatic rings. The number of hydrogen-bond donors (Lipinski definition) is 0. The van der Waals surface area contributed by atoms with E-state index < -0.39 is 0 Å². The molecule has 0 aliphatic heterocycles. The molecule has 0 spiro atoms. The fraction of sp³-hybridized carbons (Fsp3) is 0.217. The van der Waals surface area contributed by atoms with Gasteiger partial charge in [0.15, 0.2) is 17.3 Å². The summed E-state index contributed by atoms with van der Waals surface area (Å²) >= 11 is 0. The van der Waals surface area contributed by atoms with Gasteiger partial charge in [0.05, 0.1) is 7.11 Å². The van der Waals surface area contributed by atoms with Crippen LogP contribution in [0.4, 0.5) is 4.39 Å². The van der Waals surface area contributed by atoms with E-state index in [0.717, 1.165) is 11.1 Å². The highest BCUT2D eigenvalue weighted by molar-refractivity contribution is 6.15. The number of methoxy groups -OCH3 is 1. The Bertz CT molecular complexity index is 955. The van der Waals surface area contributed by atoms with Gasteiger partial charge in [0.2, 0.25) is 0 Å². The first kappa shape index (κ1) is 19.5. The lowest BCUT2D eigenvalue weighted by atomic mass is 10.1. The molecule has 2 aromatic carbocycles. The molecule has 5 heteroatoms. The summed E-state index contributed by atoms with van der Waals surface area (Å²) in [5, 5.41) is 0. The van der Waals surface area contributed by atoms with Crippen molar-refractivity contribution < 1.29 is 23.5 Å². The SMILES string of the molecule is CCC(=O)Oc1ccc(/C=C2\CC/C(=C\c3ccc(F)cc3)C2=O)cc1OC. The van der Waals surface area contributed by atoms with Crippen LogP contribution in [0.2, 0.25) is 0 Å². The van der Waals surface area contributed by atoms with Gasteiger partial charge in [0.25, 0.3) is 0 Å². The molecule has 0 saturated heterocycles. The molecule has 1 saturated carbocycles. The molecule has 3 rings (SSSR count). The Labute approximate surface area is 163 Å². The summed E-state index contributed by atoms with van der Waals surface area (Å²) in [5.74, 6) is 0.132. The van der Waals surface area contributed by atoms with Gasteiger partial charge in [-0.25, -0.2) is 4.39 Å². The van der Waals surface area contributed by atoms with Gasteiger partial charge in [-0.05, 0) is 60.4 Å². The van der Waals surface area contributed by atoms with Crippen molar-refractivity contribution in [1.82, 2.24) is 0 Å². The maximum Gasteiger partial charge on any atom is 0.311 e. The van der Waals surface area contributed by atoms with E-state index in [2.05, 4.69) is 0 Å². The Kier molecular flexibility index (Phi) is 6.04. The van der Waals surface area contributed by atoms with Crippen LogP contribution in [0.25, 0.3) is 12.2 Å². The highest BCUT2D eigenvalue weighted by atomic mass is 19.1. The average molecular weight is 380 g/mol. The van der Waals surface area contributed by atoms with Crippen molar-refractivity contribution in [3.63, 3.8) is 0 Å². The van der Waals surface area contributed by atoms with Crippen LogP contribution < -0.4 is 9.47 Å². The van der Waals surface area contributed by atoms with E-state index in [1.165, 1.54) is 19.2 Å². The normalized spacial score (nSPS) is 16.6. The molecule has 1 fully saturated rings. The largest absolute Gasteiger partial charge is 0.493 e. The molecule has 0 radical (unpaired) electrons. The minimum absolute atomic E-state index is 0.00946. The number of halogens is 1. The number of carbonyl (C=O) groups excluding carboxylic acids is 2. The lowest BCUT2D eigenvalue weighted by Crippen LogP contribution is -2.06. The van der Waals surface area contributed by atoms with E-state index in [9.17, 15) is 14.0 Å². The predicted molar refractivity (Wildman–Crippen MR) is 106 cm³/mol. The fourth-order valence-corrected chi connectivity index (χ4v) is 2.99. The summed E-state index contributed by atoms with van der Waals surface area (Å²) in [5.41, 5.74) is 3.00. The van der Waals surface area contributed by atoms with Crippen LogP contribution in [-0.4, -0.2) is 18.9 Å². The molecule has 4 nitrogen and oxygen atoms in total. The molecule has 0 atom stereocenters. The molecule has 0 heterocycles. The molecule has 0 amide bonds. The Balaban J connectivity index is 1.81. The molecular weight excluding hydrogens is 359 g/mol. The van der Waals surface area contributed by atoms with Gasteiger partial charge < -0.3 is 9.47 Å². The minimum atomic E-state index is -0.342. The van der Waals surface area contributed by atoms with E-state index in [-0.39, 0.29) is 24.0 Å². The first-order valence-corrected chi connectivity index (χ1v) is 9.10. The van der Waals surface area contributed by atoms with Crippen molar-refractivity contribution in [2.45, 2.75) is 26.2 Å². The number of rotatable bonds is 5. The quantitative estimate of drug-likeness (QED) is 0.417. The minimum Gasteiger partial charge on any atom is -0.493 e. The van der Waals surface area contributed by atoms with E-state index >= 15 is 0 Å². The van der Waals surface area contributed by atoms with Gasteiger partial charge in [-0.1, -0.05) is 25.1 Å². The molecule has 28 heavy (non-hydrogen) atoms. The zero-order valence-corrected chi connectivity index (χ0v) is 15.8. The summed E-state index contributed by atoms with van der Waals surface area (Å²) in [6, 6.07) is 11.2. The summed E-state index contributed by atoms with van der Waals surface area (Å²) in [4.78, 5) is 24.2. The zero-order chi connectivity index (χ0) is 20.1. The first-order chi connectivity index (χ1) is 13.5. The van der Waals surface area contributed by atoms with Crippen LogP contribution in [0, 0.1) is 5.82 Å². The van der Waals surface area contributed by atoms with Crippen LogP contribution in [0.15, 0.2) is 53.6 Å². The van der Waals surface area contributed by atoms with Crippen molar-refractivity contribution in [3.05, 3.63) is 70.6 Å². The van der Waals surface area contributed by atoms with Gasteiger partial charge in [-0.3, -0.25) is 9.59 Å². The van der Waals surface area contributed by atoms with Crippen LogP contribution in [-0.2, 0) is 9.59 Å². The van der Waals surface area contributed by atoms with Crippen molar-refractivity contribution in [3.8, 4) is 11.5 Å². The second-order valence-electron chi connectivity index (χ2n) is 6.46. The third-order valence-electron chi connectivity index (χ3n) is 4.50. The Morgan fingerprint density at radius 1 is 1.00 bits per heavy atom. The number of allylic oxidation sites excluding steroid dienone is 2. The van der Waals surface area contributed by atoms with Gasteiger partial charge in [-0.15, -0.1) is 0 Å². The van der Waals surface area contributed by atoms with E-state index in [1.54, 1.807) is 43.3 Å². The predicted octanol–water partition coefficient (Wildman–Crippen LogP) is 4.98. The third kappa shape index (κ3) is 4.55. The first-order valence-electron chi connectivity index (χ1n) is 9.10. The molecule has 144 valence electrons. The maximum atomic E-state index is 13.0. The number of hydrogen-bond acceptors (Lipinski definition) is 4. The molecule has 0 N–H and O–H groups in total. The molecule has 0 unspecified atom stereocenters. The van der Waals surface area contributed by atoms with E-state index in [4.69, 9.17) is 9.47 Å². The second kappa shape index (κ2) is 8.65. The smallest absolute Gasteiger partial charge is 0.311 e. The number of carbonyl (C=O) groups is 2. The summed E-state index contributed by atoms with van der Waals surface area (Å²) < 4.78 is 23.6. The fourth-order valence-electron chi connectivity index (χ4n) is 2.99.